The molecule has 1 aromatic heterocycles. The molecule has 3 N–H and O–H groups in total. The first-order valence-electron chi connectivity index (χ1n) is 8.00. The van der Waals surface area contributed by atoms with Crippen molar-refractivity contribution in [1.82, 2.24) is 10.3 Å². The van der Waals surface area contributed by atoms with Gasteiger partial charge in [-0.3, -0.25) is 4.79 Å². The Morgan fingerprint density at radius 2 is 2.00 bits per heavy atom. The van der Waals surface area contributed by atoms with Crippen LogP contribution in [0.2, 0.25) is 5.02 Å². The quantitative estimate of drug-likeness (QED) is 0.607. The molecule has 130 valence electrons. The van der Waals surface area contributed by atoms with Crippen molar-refractivity contribution in [1.29, 1.82) is 0 Å². The van der Waals surface area contributed by atoms with E-state index >= 15 is 0 Å². The van der Waals surface area contributed by atoms with Crippen LogP contribution < -0.4 is 15.6 Å². The van der Waals surface area contributed by atoms with Crippen LogP contribution in [0.5, 0.6) is 5.75 Å². The molecule has 6 heteroatoms. The Hall–Kier alpha value is -2.34. The number of fused-ring (bicyclic) bond motifs is 1. The number of ether oxygens (including phenoxy) is 1. The highest BCUT2D eigenvalue weighted by molar-refractivity contribution is 6.31. The third-order valence-corrected chi connectivity index (χ3v) is 4.16. The lowest BCUT2D eigenvalue weighted by Crippen LogP contribution is -2.31. The summed E-state index contributed by atoms with van der Waals surface area (Å²) in [5.41, 5.74) is 1.60. The van der Waals surface area contributed by atoms with Crippen molar-refractivity contribution in [3.05, 3.63) is 75.5 Å². The molecular weight excluding hydrogens is 340 g/mol. The molecule has 2 aromatic carbocycles. The highest BCUT2D eigenvalue weighted by atomic mass is 35.5. The maximum absolute atomic E-state index is 11.3. The average molecular weight is 359 g/mol. The SMILES string of the molecule is O=c1ccc2cc(OCC(O)CNCc3ccccc3Cl)ccc2[nH]1. The number of aromatic amines is 1. The molecule has 3 aromatic rings. The van der Waals surface area contributed by atoms with Crippen LogP contribution in [0.15, 0.2) is 59.4 Å². The molecule has 0 bridgehead atoms. The fourth-order valence-electron chi connectivity index (χ4n) is 2.49. The predicted octanol–water partition coefficient (Wildman–Crippen LogP) is 2.71. The van der Waals surface area contributed by atoms with E-state index in [0.29, 0.717) is 23.9 Å². The van der Waals surface area contributed by atoms with Crippen molar-refractivity contribution in [2.24, 2.45) is 0 Å². The van der Waals surface area contributed by atoms with Crippen molar-refractivity contribution in [3.63, 3.8) is 0 Å². The first kappa shape index (κ1) is 17.5. The zero-order chi connectivity index (χ0) is 17.6. The molecule has 0 amide bonds. The van der Waals surface area contributed by atoms with E-state index in [2.05, 4.69) is 10.3 Å². The fraction of sp³-hybridized carbons (Fsp3) is 0.211. The van der Waals surface area contributed by atoms with Gasteiger partial charge in [0.05, 0.1) is 0 Å². The number of aromatic nitrogens is 1. The number of hydrogen-bond acceptors (Lipinski definition) is 4. The van der Waals surface area contributed by atoms with Crippen LogP contribution in [0, 0.1) is 0 Å². The van der Waals surface area contributed by atoms with Gasteiger partial charge in [-0.05, 0) is 35.9 Å². The van der Waals surface area contributed by atoms with Gasteiger partial charge in [-0.1, -0.05) is 29.8 Å². The number of aliphatic hydroxyl groups excluding tert-OH is 1. The third kappa shape index (κ3) is 4.82. The number of benzene rings is 2. The third-order valence-electron chi connectivity index (χ3n) is 3.79. The molecule has 0 radical (unpaired) electrons. The second-order valence-corrected chi connectivity index (χ2v) is 6.17. The van der Waals surface area contributed by atoms with Crippen molar-refractivity contribution < 1.29 is 9.84 Å². The van der Waals surface area contributed by atoms with E-state index in [4.69, 9.17) is 16.3 Å². The number of rotatable bonds is 7. The van der Waals surface area contributed by atoms with Crippen LogP contribution in [-0.4, -0.2) is 29.3 Å². The van der Waals surface area contributed by atoms with Crippen LogP contribution >= 0.6 is 11.6 Å². The number of hydrogen-bond donors (Lipinski definition) is 3. The van der Waals surface area contributed by atoms with Crippen LogP contribution in [0.25, 0.3) is 10.9 Å². The largest absolute Gasteiger partial charge is 0.491 e. The van der Waals surface area contributed by atoms with Gasteiger partial charge in [0.15, 0.2) is 0 Å². The summed E-state index contributed by atoms with van der Waals surface area (Å²) in [6.07, 6.45) is -0.645. The summed E-state index contributed by atoms with van der Waals surface area (Å²) in [6.45, 7) is 1.15. The Kier molecular flexibility index (Phi) is 5.71. The highest BCUT2D eigenvalue weighted by Crippen LogP contribution is 2.18. The van der Waals surface area contributed by atoms with Crippen molar-refractivity contribution >= 4 is 22.5 Å². The Balaban J connectivity index is 1.49. The molecule has 0 fully saturated rings. The van der Waals surface area contributed by atoms with Gasteiger partial charge in [0, 0.05) is 35.1 Å². The van der Waals surface area contributed by atoms with Crippen molar-refractivity contribution in [2.75, 3.05) is 13.2 Å². The van der Waals surface area contributed by atoms with Crippen molar-refractivity contribution in [3.8, 4) is 5.75 Å². The molecule has 1 heterocycles. The van der Waals surface area contributed by atoms with Gasteiger partial charge in [-0.2, -0.15) is 0 Å². The molecule has 0 spiro atoms. The second kappa shape index (κ2) is 8.16. The molecule has 0 aliphatic rings. The van der Waals surface area contributed by atoms with E-state index in [9.17, 15) is 9.90 Å². The second-order valence-electron chi connectivity index (χ2n) is 5.76. The number of nitrogens with one attached hydrogen (secondary N) is 2. The minimum absolute atomic E-state index is 0.138. The first-order chi connectivity index (χ1) is 12.1. The lowest BCUT2D eigenvalue weighted by atomic mass is 10.2. The average Bonchev–Trinajstić information content (AvgIpc) is 2.61. The summed E-state index contributed by atoms with van der Waals surface area (Å²) < 4.78 is 5.62. The summed E-state index contributed by atoms with van der Waals surface area (Å²) in [4.78, 5) is 14.0. The van der Waals surface area contributed by atoms with E-state index < -0.39 is 6.10 Å². The molecule has 1 unspecified atom stereocenters. The zero-order valence-corrected chi connectivity index (χ0v) is 14.3. The molecule has 0 aliphatic heterocycles. The maximum Gasteiger partial charge on any atom is 0.248 e. The van der Waals surface area contributed by atoms with Gasteiger partial charge >= 0.3 is 0 Å². The van der Waals surface area contributed by atoms with E-state index in [0.717, 1.165) is 16.5 Å². The van der Waals surface area contributed by atoms with Gasteiger partial charge in [-0.25, -0.2) is 0 Å². The van der Waals surface area contributed by atoms with E-state index in [1.807, 2.05) is 30.3 Å². The van der Waals surface area contributed by atoms with Crippen LogP contribution in [-0.2, 0) is 6.54 Å². The number of pyridine rings is 1. The number of H-pyrrole nitrogens is 1. The van der Waals surface area contributed by atoms with Crippen LogP contribution in [0.3, 0.4) is 0 Å². The minimum atomic E-state index is -0.645. The highest BCUT2D eigenvalue weighted by Gasteiger charge is 2.07. The molecule has 1 atom stereocenters. The topological polar surface area (TPSA) is 74.3 Å². The number of halogens is 1. The lowest BCUT2D eigenvalue weighted by Gasteiger charge is -2.14. The summed E-state index contributed by atoms with van der Waals surface area (Å²) in [6, 6.07) is 16.2. The molecule has 5 nitrogen and oxygen atoms in total. The first-order valence-corrected chi connectivity index (χ1v) is 8.38. The summed E-state index contributed by atoms with van der Waals surface area (Å²) in [5.74, 6) is 0.643. The predicted molar refractivity (Wildman–Crippen MR) is 99.2 cm³/mol. The molecule has 0 saturated carbocycles. The van der Waals surface area contributed by atoms with E-state index in [-0.39, 0.29) is 12.2 Å². The fourth-order valence-corrected chi connectivity index (χ4v) is 2.69. The monoisotopic (exact) mass is 358 g/mol. The zero-order valence-electron chi connectivity index (χ0n) is 13.5. The molecule has 0 aliphatic carbocycles. The Bertz CT molecular complexity index is 910. The maximum atomic E-state index is 11.3. The van der Waals surface area contributed by atoms with Gasteiger partial charge in [-0.15, -0.1) is 0 Å². The van der Waals surface area contributed by atoms with E-state index in [1.165, 1.54) is 6.07 Å². The van der Waals surface area contributed by atoms with E-state index in [1.54, 1.807) is 18.2 Å². The summed E-state index contributed by atoms with van der Waals surface area (Å²) in [7, 11) is 0. The Labute approximate surface area is 150 Å². The molecule has 3 rings (SSSR count). The van der Waals surface area contributed by atoms with Gasteiger partial charge in [0.25, 0.3) is 0 Å². The summed E-state index contributed by atoms with van der Waals surface area (Å²) >= 11 is 6.09. The van der Waals surface area contributed by atoms with Gasteiger partial charge in [0.2, 0.25) is 5.56 Å². The Morgan fingerprint density at radius 1 is 1.16 bits per heavy atom. The summed E-state index contributed by atoms with van der Waals surface area (Å²) in [5, 5.41) is 14.8. The lowest BCUT2D eigenvalue weighted by molar-refractivity contribution is 0.106. The standard InChI is InChI=1S/C19H19ClN2O3/c20-17-4-2-1-3-14(17)10-21-11-15(23)12-25-16-6-7-18-13(9-16)5-8-19(24)22-18/h1-9,15,21,23H,10-12H2,(H,22,24). The molecule has 25 heavy (non-hydrogen) atoms. The Morgan fingerprint density at radius 3 is 2.84 bits per heavy atom. The van der Waals surface area contributed by atoms with Gasteiger partial charge in [0.1, 0.15) is 18.5 Å². The molecule has 0 saturated heterocycles. The van der Waals surface area contributed by atoms with Gasteiger partial charge < -0.3 is 20.1 Å². The smallest absolute Gasteiger partial charge is 0.248 e. The number of aliphatic hydroxyl groups is 1. The minimum Gasteiger partial charge on any atom is -0.491 e. The normalized spacial score (nSPS) is 12.2. The molecular formula is C19H19ClN2O3. The van der Waals surface area contributed by atoms with Crippen molar-refractivity contribution in [2.45, 2.75) is 12.6 Å². The van der Waals surface area contributed by atoms with Crippen LogP contribution in [0.4, 0.5) is 0 Å². The van der Waals surface area contributed by atoms with Crippen LogP contribution in [0.1, 0.15) is 5.56 Å².